The monoisotopic (exact) mass is 560 g/mol. The van der Waals surface area contributed by atoms with Gasteiger partial charge in [-0.3, -0.25) is 23.4 Å². The van der Waals surface area contributed by atoms with Gasteiger partial charge >= 0.3 is 13.5 Å². The number of aliphatic hydroxyl groups is 1. The zero-order chi connectivity index (χ0) is 30.2. The minimum absolute atomic E-state index is 0.0386. The van der Waals surface area contributed by atoms with E-state index in [2.05, 4.69) is 0 Å². The predicted octanol–water partition coefficient (Wildman–Crippen LogP) is 4.26. The Bertz CT molecular complexity index is 1510. The van der Waals surface area contributed by atoms with Crippen LogP contribution in [0.15, 0.2) is 21.9 Å². The molecule has 0 aliphatic carbocycles. The summed E-state index contributed by atoms with van der Waals surface area (Å²) < 4.78 is 83.0. The molecule has 1 aromatic carbocycles. The number of nitrogens with zero attached hydrogens (tertiary/aromatic N) is 1. The summed E-state index contributed by atoms with van der Waals surface area (Å²) in [6.45, 7) is 8.13. The average molecular weight is 561 g/mol. The van der Waals surface area contributed by atoms with Crippen molar-refractivity contribution < 1.29 is 39.5 Å². The van der Waals surface area contributed by atoms with Crippen molar-refractivity contribution in [1.29, 1.82) is 0 Å². The second-order valence-electron chi connectivity index (χ2n) is 11.6. The second kappa shape index (κ2) is 9.38. The van der Waals surface area contributed by atoms with Crippen LogP contribution in [-0.4, -0.2) is 33.2 Å². The first-order valence-corrected chi connectivity index (χ1v) is 13.4. The molecule has 38 heavy (non-hydrogen) atoms. The molecule has 0 spiro atoms. The van der Waals surface area contributed by atoms with E-state index in [0.717, 1.165) is 6.20 Å². The molecule has 10 nitrogen and oxygen atoms in total. The van der Waals surface area contributed by atoms with Crippen molar-refractivity contribution in [3.8, 4) is 5.75 Å². The van der Waals surface area contributed by atoms with Gasteiger partial charge in [0.15, 0.2) is 6.23 Å². The summed E-state index contributed by atoms with van der Waals surface area (Å²) in [5.41, 5.74) is -2.14. The van der Waals surface area contributed by atoms with Crippen molar-refractivity contribution >= 4 is 7.82 Å². The van der Waals surface area contributed by atoms with E-state index in [1.54, 1.807) is 6.07 Å². The van der Waals surface area contributed by atoms with Crippen molar-refractivity contribution in [2.75, 3.05) is 6.56 Å². The highest BCUT2D eigenvalue weighted by atomic mass is 31.2. The summed E-state index contributed by atoms with van der Waals surface area (Å²) in [6, 6.07) is 1.58. The summed E-state index contributed by atoms with van der Waals surface area (Å²) in [7, 11) is -4.93. The van der Waals surface area contributed by atoms with Gasteiger partial charge in [-0.15, -0.1) is 0 Å². The zero-order valence-electron chi connectivity index (χ0n) is 24.2. The van der Waals surface area contributed by atoms with E-state index in [1.165, 1.54) is 6.92 Å². The van der Waals surface area contributed by atoms with Crippen LogP contribution in [0, 0.1) is 12.7 Å². The number of hydrogen-bond acceptors (Lipinski definition) is 8. The molecule has 1 aromatic heterocycles. The van der Waals surface area contributed by atoms with E-state index >= 15 is 8.78 Å². The number of alkyl halides is 1. The Labute approximate surface area is 221 Å². The van der Waals surface area contributed by atoms with Crippen molar-refractivity contribution in [2.24, 2.45) is 0 Å². The standard InChI is InChI=1S/C25H33F2N2O8P/c1-13-10-29(22(32)28-20(13)31)21-17(30)9-25(27,36-21)12-35-38(33)34-11-14-18(26)15(23(2,3)4)8-16(19(14)37-38)24(5,6)7/h8,10,17,21,30H,9,11-12H2,1-7H3,(H,28,31,32)/t17-,21-,25+,38?/m1/s1/i12D2. The van der Waals surface area contributed by atoms with Gasteiger partial charge in [-0.2, -0.15) is 0 Å². The van der Waals surface area contributed by atoms with Crippen molar-refractivity contribution in [2.45, 2.75) is 90.5 Å². The Hall–Kier alpha value is -2.37. The number of phosphoric ester groups is 1. The van der Waals surface area contributed by atoms with Crippen molar-refractivity contribution in [1.82, 2.24) is 9.55 Å². The fraction of sp³-hybridized carbons (Fsp3) is 0.600. The Morgan fingerprint density at radius 1 is 1.26 bits per heavy atom. The molecule has 210 valence electrons. The molecular weight excluding hydrogens is 525 g/mol. The Morgan fingerprint density at radius 3 is 2.50 bits per heavy atom. The lowest BCUT2D eigenvalue weighted by molar-refractivity contribution is -0.179. The fourth-order valence-corrected chi connectivity index (χ4v) is 5.37. The fourth-order valence-electron chi connectivity index (χ4n) is 4.26. The van der Waals surface area contributed by atoms with E-state index < -0.39 is 73.5 Å². The summed E-state index contributed by atoms with van der Waals surface area (Å²) in [5.74, 6) is -4.24. The third-order valence-electron chi connectivity index (χ3n) is 6.33. The smallest absolute Gasteiger partial charge is 0.403 e. The molecule has 0 radical (unpaired) electrons. The number of aliphatic hydroxyl groups excluding tert-OH is 1. The lowest BCUT2D eigenvalue weighted by atomic mass is 9.78. The molecule has 1 unspecified atom stereocenters. The lowest BCUT2D eigenvalue weighted by Gasteiger charge is -2.34. The van der Waals surface area contributed by atoms with Gasteiger partial charge < -0.3 is 14.4 Å². The van der Waals surface area contributed by atoms with Crippen LogP contribution < -0.4 is 15.8 Å². The van der Waals surface area contributed by atoms with Gasteiger partial charge in [0.1, 0.15) is 24.2 Å². The zero-order valence-corrected chi connectivity index (χ0v) is 23.1. The van der Waals surface area contributed by atoms with Crippen LogP contribution in [0.1, 0.15) is 79.2 Å². The summed E-state index contributed by atoms with van der Waals surface area (Å²) in [4.78, 5) is 25.9. The minimum Gasteiger partial charge on any atom is -0.403 e. The molecule has 0 saturated carbocycles. The van der Waals surface area contributed by atoms with E-state index in [4.69, 9.17) is 21.0 Å². The summed E-state index contributed by atoms with van der Waals surface area (Å²) in [6.07, 6.45) is -3.53. The molecular formula is C25H33F2N2O8P. The van der Waals surface area contributed by atoms with Crippen molar-refractivity contribution in [3.63, 3.8) is 0 Å². The number of aryl methyl sites for hydroxylation is 1. The molecule has 4 atom stereocenters. The van der Waals surface area contributed by atoms with Crippen LogP contribution in [0.25, 0.3) is 0 Å². The summed E-state index contributed by atoms with van der Waals surface area (Å²) in [5, 5.41) is 10.5. The second-order valence-corrected chi connectivity index (χ2v) is 13.1. The number of H-pyrrole nitrogens is 1. The molecule has 2 aromatic rings. The highest BCUT2D eigenvalue weighted by molar-refractivity contribution is 7.49. The largest absolute Gasteiger partial charge is 0.530 e. The maximum atomic E-state index is 16.0. The van der Waals surface area contributed by atoms with Gasteiger partial charge in [-0.05, 0) is 29.4 Å². The van der Waals surface area contributed by atoms with Crippen LogP contribution in [0.2, 0.25) is 0 Å². The van der Waals surface area contributed by atoms with Gasteiger partial charge in [0.05, 0.1) is 14.9 Å². The number of fused-ring (bicyclic) bond motifs is 1. The number of aromatic nitrogens is 2. The molecule has 1 fully saturated rings. The maximum absolute atomic E-state index is 16.0. The number of rotatable bonds is 4. The molecule has 2 aliphatic heterocycles. The molecule has 13 heteroatoms. The first kappa shape index (κ1) is 25.9. The van der Waals surface area contributed by atoms with Gasteiger partial charge in [-0.25, -0.2) is 18.1 Å². The van der Waals surface area contributed by atoms with Crippen LogP contribution in [0.3, 0.4) is 0 Å². The van der Waals surface area contributed by atoms with Gasteiger partial charge in [0, 0.05) is 23.7 Å². The van der Waals surface area contributed by atoms with Crippen LogP contribution in [-0.2, 0) is 35.8 Å². The number of hydrogen-bond donors (Lipinski definition) is 2. The third-order valence-corrected chi connectivity index (χ3v) is 7.50. The normalized spacial score (nSPS) is 28.9. The van der Waals surface area contributed by atoms with Crippen LogP contribution in [0.5, 0.6) is 5.75 Å². The van der Waals surface area contributed by atoms with Gasteiger partial charge in [-0.1, -0.05) is 41.5 Å². The number of aromatic amines is 1. The minimum atomic E-state index is -4.93. The molecule has 4 rings (SSSR count). The maximum Gasteiger partial charge on any atom is 0.530 e. The highest BCUT2D eigenvalue weighted by Gasteiger charge is 2.51. The SMILES string of the molecule is [2H]C([2H])(OP1(=O)OCc2c(F)c(C(C)(C)C)cc(C(C)(C)C)c2O1)[C@]1(F)C[C@@H](O)[C@H](n2cc(C)c(=O)[nH]c2=O)O1. The first-order chi connectivity index (χ1) is 18.1. The van der Waals surface area contributed by atoms with Crippen LogP contribution >= 0.6 is 7.82 Å². The van der Waals surface area contributed by atoms with Crippen LogP contribution in [0.4, 0.5) is 8.78 Å². The predicted molar refractivity (Wildman–Crippen MR) is 133 cm³/mol. The van der Waals surface area contributed by atoms with E-state index in [0.29, 0.717) is 15.7 Å². The number of nitrogens with one attached hydrogen (secondary N) is 1. The Kier molecular flexibility index (Phi) is 6.39. The Morgan fingerprint density at radius 2 is 1.89 bits per heavy atom. The molecule has 3 heterocycles. The number of phosphoric acid groups is 1. The number of halogens is 2. The third kappa shape index (κ3) is 5.37. The average Bonchev–Trinajstić information content (AvgIpc) is 3.09. The first-order valence-electron chi connectivity index (χ1n) is 13.0. The molecule has 2 N–H and O–H groups in total. The van der Waals surface area contributed by atoms with E-state index in [1.807, 2.05) is 46.5 Å². The van der Waals surface area contributed by atoms with Gasteiger partial charge in [0.25, 0.3) is 5.56 Å². The molecule has 2 aliphatic rings. The number of benzene rings is 1. The molecule has 1 saturated heterocycles. The quantitative estimate of drug-likeness (QED) is 0.531. The topological polar surface area (TPSA) is 129 Å². The highest BCUT2D eigenvalue weighted by Crippen LogP contribution is 2.58. The van der Waals surface area contributed by atoms with Gasteiger partial charge in [0.2, 0.25) is 5.85 Å². The molecule has 0 bridgehead atoms. The van der Waals surface area contributed by atoms with E-state index in [9.17, 15) is 19.3 Å². The van der Waals surface area contributed by atoms with E-state index in [-0.39, 0.29) is 16.9 Å². The summed E-state index contributed by atoms with van der Waals surface area (Å²) >= 11 is 0. The Balaban J connectivity index is 1.67. The number of ether oxygens (including phenoxy) is 1. The molecule has 0 amide bonds. The van der Waals surface area contributed by atoms with Crippen molar-refractivity contribution in [3.05, 3.63) is 61.2 Å². The lowest BCUT2D eigenvalue weighted by Crippen LogP contribution is -2.37.